The Morgan fingerprint density at radius 3 is 2.86 bits per heavy atom. The number of nitrogens with two attached hydrogens (primary N) is 1. The van der Waals surface area contributed by atoms with E-state index in [1.807, 2.05) is 25.3 Å². The molecule has 1 aromatic heterocycles. The zero-order valence-corrected chi connectivity index (χ0v) is 12.0. The summed E-state index contributed by atoms with van der Waals surface area (Å²) in [6.07, 6.45) is 3.78. The highest BCUT2D eigenvalue weighted by molar-refractivity contribution is 5.94. The molecule has 6 nitrogen and oxygen atoms in total. The highest BCUT2D eigenvalue weighted by Crippen LogP contribution is 2.15. The molecular formula is C15H19N5O. The van der Waals surface area contributed by atoms with Crippen molar-refractivity contribution < 1.29 is 4.79 Å². The predicted octanol–water partition coefficient (Wildman–Crippen LogP) is 1.31. The second kappa shape index (κ2) is 5.57. The Labute approximate surface area is 123 Å². The predicted molar refractivity (Wildman–Crippen MR) is 81.6 cm³/mol. The standard InChI is InChI=1S/C15H19N5O/c1-11(15(21)18-13-4-2-12(16)3-5-13)20-9-8-19-7-6-17-14(19)10-20/h2-7,11H,8-10,16H2,1H3,(H,18,21). The molecule has 1 aliphatic heterocycles. The van der Waals surface area contributed by atoms with E-state index in [2.05, 4.69) is 19.8 Å². The molecule has 6 heteroatoms. The van der Waals surface area contributed by atoms with Crippen molar-refractivity contribution in [1.82, 2.24) is 14.5 Å². The van der Waals surface area contributed by atoms with Crippen molar-refractivity contribution in [3.8, 4) is 0 Å². The average molecular weight is 285 g/mol. The van der Waals surface area contributed by atoms with Gasteiger partial charge in [-0.25, -0.2) is 4.98 Å². The largest absolute Gasteiger partial charge is 0.399 e. The minimum absolute atomic E-state index is 0.0141. The van der Waals surface area contributed by atoms with E-state index in [9.17, 15) is 4.79 Å². The van der Waals surface area contributed by atoms with Gasteiger partial charge in [0.25, 0.3) is 0 Å². The molecule has 0 fully saturated rings. The SMILES string of the molecule is CC(C(=O)Nc1ccc(N)cc1)N1CCn2ccnc2C1. The van der Waals surface area contributed by atoms with Gasteiger partial charge in [0.15, 0.2) is 0 Å². The number of nitrogens with zero attached hydrogens (tertiary/aromatic N) is 3. The van der Waals surface area contributed by atoms with E-state index in [1.165, 1.54) is 0 Å². The Balaban J connectivity index is 1.64. The van der Waals surface area contributed by atoms with Crippen molar-refractivity contribution in [2.75, 3.05) is 17.6 Å². The minimum atomic E-state index is -0.201. The van der Waals surface area contributed by atoms with Crippen molar-refractivity contribution in [3.05, 3.63) is 42.5 Å². The molecule has 2 heterocycles. The van der Waals surface area contributed by atoms with Crippen LogP contribution in [0.4, 0.5) is 11.4 Å². The van der Waals surface area contributed by atoms with Crippen molar-refractivity contribution in [1.29, 1.82) is 0 Å². The highest BCUT2D eigenvalue weighted by Gasteiger charge is 2.25. The molecule has 0 spiro atoms. The fraction of sp³-hybridized carbons (Fsp3) is 0.333. The van der Waals surface area contributed by atoms with Crippen LogP contribution in [0.3, 0.4) is 0 Å². The number of carbonyl (C=O) groups is 1. The molecular weight excluding hydrogens is 266 g/mol. The fourth-order valence-corrected chi connectivity index (χ4v) is 2.50. The number of nitrogen functional groups attached to an aromatic ring is 1. The third kappa shape index (κ3) is 2.90. The summed E-state index contributed by atoms with van der Waals surface area (Å²) < 4.78 is 2.13. The monoisotopic (exact) mass is 285 g/mol. The number of amides is 1. The number of nitrogens with one attached hydrogen (secondary N) is 1. The van der Waals surface area contributed by atoms with Crippen molar-refractivity contribution in [2.45, 2.75) is 26.1 Å². The topological polar surface area (TPSA) is 76.2 Å². The van der Waals surface area contributed by atoms with Crippen LogP contribution in [0.2, 0.25) is 0 Å². The third-order valence-corrected chi connectivity index (χ3v) is 3.88. The first-order valence-corrected chi connectivity index (χ1v) is 7.04. The van der Waals surface area contributed by atoms with Crippen LogP contribution >= 0.6 is 0 Å². The first kappa shape index (κ1) is 13.6. The van der Waals surface area contributed by atoms with Crippen LogP contribution in [-0.4, -0.2) is 32.9 Å². The molecule has 0 aliphatic carbocycles. The second-order valence-electron chi connectivity index (χ2n) is 5.29. The van der Waals surface area contributed by atoms with Crippen molar-refractivity contribution >= 4 is 17.3 Å². The van der Waals surface area contributed by atoms with Gasteiger partial charge in [-0.2, -0.15) is 0 Å². The van der Waals surface area contributed by atoms with E-state index < -0.39 is 0 Å². The van der Waals surface area contributed by atoms with Gasteiger partial charge < -0.3 is 15.6 Å². The fourth-order valence-electron chi connectivity index (χ4n) is 2.50. The van der Waals surface area contributed by atoms with Gasteiger partial charge in [-0.05, 0) is 31.2 Å². The number of anilines is 2. The molecule has 1 amide bonds. The van der Waals surface area contributed by atoms with Gasteiger partial charge >= 0.3 is 0 Å². The number of benzene rings is 1. The summed E-state index contributed by atoms with van der Waals surface area (Å²) in [5.41, 5.74) is 7.09. The lowest BCUT2D eigenvalue weighted by Gasteiger charge is -2.31. The molecule has 1 atom stereocenters. The van der Waals surface area contributed by atoms with E-state index in [1.54, 1.807) is 18.3 Å². The highest BCUT2D eigenvalue weighted by atomic mass is 16.2. The number of rotatable bonds is 3. The van der Waals surface area contributed by atoms with E-state index in [0.717, 1.165) is 24.6 Å². The summed E-state index contributed by atoms with van der Waals surface area (Å²) in [7, 11) is 0. The van der Waals surface area contributed by atoms with E-state index in [4.69, 9.17) is 5.73 Å². The van der Waals surface area contributed by atoms with Gasteiger partial charge in [-0.15, -0.1) is 0 Å². The Morgan fingerprint density at radius 1 is 1.33 bits per heavy atom. The summed E-state index contributed by atoms with van der Waals surface area (Å²) in [6, 6.07) is 6.97. The van der Waals surface area contributed by atoms with Crippen LogP contribution in [0.5, 0.6) is 0 Å². The molecule has 110 valence electrons. The lowest BCUT2D eigenvalue weighted by molar-refractivity contribution is -0.121. The van der Waals surface area contributed by atoms with E-state index in [0.29, 0.717) is 12.2 Å². The molecule has 3 rings (SSSR count). The number of hydrogen-bond donors (Lipinski definition) is 2. The Kier molecular flexibility index (Phi) is 3.62. The number of carbonyl (C=O) groups excluding carboxylic acids is 1. The lowest BCUT2D eigenvalue weighted by atomic mass is 10.2. The summed E-state index contributed by atoms with van der Waals surface area (Å²) in [6.45, 7) is 4.34. The van der Waals surface area contributed by atoms with Crippen LogP contribution in [-0.2, 0) is 17.9 Å². The maximum atomic E-state index is 12.3. The van der Waals surface area contributed by atoms with Gasteiger partial charge in [0.2, 0.25) is 5.91 Å². The molecule has 1 aromatic carbocycles. The number of fused-ring (bicyclic) bond motifs is 1. The number of imidazole rings is 1. The van der Waals surface area contributed by atoms with E-state index in [-0.39, 0.29) is 11.9 Å². The average Bonchev–Trinajstić information content (AvgIpc) is 2.96. The van der Waals surface area contributed by atoms with Crippen LogP contribution in [0.25, 0.3) is 0 Å². The van der Waals surface area contributed by atoms with Crippen molar-refractivity contribution in [3.63, 3.8) is 0 Å². The molecule has 2 aromatic rings. The zero-order chi connectivity index (χ0) is 14.8. The quantitative estimate of drug-likeness (QED) is 0.834. The van der Waals surface area contributed by atoms with Gasteiger partial charge in [0, 0.05) is 36.9 Å². The maximum absolute atomic E-state index is 12.3. The lowest BCUT2D eigenvalue weighted by Crippen LogP contribution is -2.45. The first-order chi connectivity index (χ1) is 10.1. The number of aromatic nitrogens is 2. The smallest absolute Gasteiger partial charge is 0.241 e. The Bertz CT molecular complexity index is 634. The van der Waals surface area contributed by atoms with Crippen LogP contribution in [0, 0.1) is 0 Å². The van der Waals surface area contributed by atoms with Crippen LogP contribution < -0.4 is 11.1 Å². The molecule has 1 aliphatic rings. The molecule has 21 heavy (non-hydrogen) atoms. The molecule has 1 unspecified atom stereocenters. The third-order valence-electron chi connectivity index (χ3n) is 3.88. The summed E-state index contributed by atoms with van der Waals surface area (Å²) in [5, 5.41) is 2.92. The first-order valence-electron chi connectivity index (χ1n) is 7.04. The van der Waals surface area contributed by atoms with E-state index >= 15 is 0 Å². The second-order valence-corrected chi connectivity index (χ2v) is 5.29. The van der Waals surface area contributed by atoms with Crippen molar-refractivity contribution in [2.24, 2.45) is 0 Å². The van der Waals surface area contributed by atoms with Crippen LogP contribution in [0.15, 0.2) is 36.7 Å². The Hall–Kier alpha value is -2.34. The van der Waals surface area contributed by atoms with Gasteiger partial charge in [-0.1, -0.05) is 0 Å². The zero-order valence-electron chi connectivity index (χ0n) is 12.0. The molecule has 0 bridgehead atoms. The molecule has 3 N–H and O–H groups in total. The van der Waals surface area contributed by atoms with Gasteiger partial charge in [0.1, 0.15) is 5.82 Å². The minimum Gasteiger partial charge on any atom is -0.399 e. The number of hydrogen-bond acceptors (Lipinski definition) is 4. The molecule has 0 saturated carbocycles. The summed E-state index contributed by atoms with van der Waals surface area (Å²) in [4.78, 5) is 18.8. The normalized spacial score (nSPS) is 16.2. The molecule has 0 radical (unpaired) electrons. The Morgan fingerprint density at radius 2 is 2.10 bits per heavy atom. The van der Waals surface area contributed by atoms with Crippen LogP contribution in [0.1, 0.15) is 12.7 Å². The molecule has 0 saturated heterocycles. The van der Waals surface area contributed by atoms with Gasteiger partial charge in [0.05, 0.1) is 12.6 Å². The maximum Gasteiger partial charge on any atom is 0.241 e. The summed E-state index contributed by atoms with van der Waals surface area (Å²) >= 11 is 0. The van der Waals surface area contributed by atoms with Gasteiger partial charge in [-0.3, -0.25) is 9.69 Å². The summed E-state index contributed by atoms with van der Waals surface area (Å²) in [5.74, 6) is 0.994.